The summed E-state index contributed by atoms with van der Waals surface area (Å²) in [5.74, 6) is 1.59. The molecule has 24 heavy (non-hydrogen) atoms. The summed E-state index contributed by atoms with van der Waals surface area (Å²) in [6.45, 7) is 2.75. The third-order valence-corrected chi connectivity index (χ3v) is 5.16. The van der Waals surface area contributed by atoms with E-state index in [9.17, 15) is 0 Å². The van der Waals surface area contributed by atoms with Crippen molar-refractivity contribution < 1.29 is 4.74 Å². The Bertz CT molecular complexity index is 643. The van der Waals surface area contributed by atoms with Crippen molar-refractivity contribution in [3.05, 3.63) is 53.3 Å². The zero-order valence-electron chi connectivity index (χ0n) is 14.6. The quantitative estimate of drug-likeness (QED) is 0.833. The molecule has 1 aliphatic heterocycles. The summed E-state index contributed by atoms with van der Waals surface area (Å²) in [5, 5.41) is 7.93. The average Bonchev–Trinajstić information content (AvgIpc) is 3.02. The van der Waals surface area contributed by atoms with Gasteiger partial charge >= 0.3 is 0 Å². The summed E-state index contributed by atoms with van der Waals surface area (Å²) in [4.78, 5) is 0. The number of hydrogen-bond donors (Lipinski definition) is 1. The van der Waals surface area contributed by atoms with Crippen LogP contribution in [0, 0.1) is 5.92 Å². The highest BCUT2D eigenvalue weighted by atomic mass is 32.2. The molecule has 2 heterocycles. The molecule has 1 aromatic carbocycles. The zero-order chi connectivity index (χ0) is 16.8. The molecule has 1 fully saturated rings. The molecule has 0 spiro atoms. The summed E-state index contributed by atoms with van der Waals surface area (Å²) in [7, 11) is 1.96. The van der Waals surface area contributed by atoms with Crippen LogP contribution in [-0.2, 0) is 24.1 Å². The van der Waals surface area contributed by atoms with Gasteiger partial charge in [0.25, 0.3) is 0 Å². The third kappa shape index (κ3) is 4.62. The molecule has 1 aliphatic rings. The molecular weight excluding hydrogens is 318 g/mol. The Hall–Kier alpha value is -1.30. The van der Waals surface area contributed by atoms with Crippen molar-refractivity contribution in [1.82, 2.24) is 15.1 Å². The van der Waals surface area contributed by atoms with Crippen molar-refractivity contribution in [1.29, 1.82) is 0 Å². The molecule has 3 rings (SSSR count). The van der Waals surface area contributed by atoms with Crippen molar-refractivity contribution >= 4 is 11.8 Å². The first-order valence-corrected chi connectivity index (χ1v) is 10.0. The predicted octanol–water partition coefficient (Wildman–Crippen LogP) is 3.54. The van der Waals surface area contributed by atoms with Gasteiger partial charge in [0.2, 0.25) is 0 Å². The lowest BCUT2D eigenvalue weighted by Gasteiger charge is -2.31. The number of benzene rings is 1. The summed E-state index contributed by atoms with van der Waals surface area (Å²) in [6.07, 6.45) is 8.68. The molecule has 1 N–H and O–H groups in total. The lowest BCUT2D eigenvalue weighted by atomic mass is 9.91. The Morgan fingerprint density at radius 3 is 3.04 bits per heavy atom. The van der Waals surface area contributed by atoms with Crippen LogP contribution < -0.4 is 5.32 Å². The average molecular weight is 346 g/mol. The number of aromatic nitrogens is 2. The van der Waals surface area contributed by atoms with E-state index in [0.29, 0.717) is 5.92 Å². The molecule has 1 saturated heterocycles. The van der Waals surface area contributed by atoms with Crippen LogP contribution in [0.5, 0.6) is 0 Å². The van der Waals surface area contributed by atoms with Crippen molar-refractivity contribution in [2.45, 2.75) is 31.2 Å². The number of rotatable bonds is 7. The summed E-state index contributed by atoms with van der Waals surface area (Å²) >= 11 is 1.87. The Balaban J connectivity index is 1.55. The van der Waals surface area contributed by atoms with Crippen molar-refractivity contribution in [2.75, 3.05) is 19.4 Å². The fraction of sp³-hybridized carbons (Fsp3) is 0.526. The van der Waals surface area contributed by atoms with Crippen molar-refractivity contribution in [3.8, 4) is 0 Å². The van der Waals surface area contributed by atoms with Gasteiger partial charge in [-0.05, 0) is 30.2 Å². The normalized spacial score (nSPS) is 21.1. The molecule has 2 aromatic rings. The maximum absolute atomic E-state index is 6.05. The second kappa shape index (κ2) is 8.70. The Labute approximate surface area is 149 Å². The molecule has 0 aliphatic carbocycles. The molecule has 0 saturated carbocycles. The number of hydrogen-bond acceptors (Lipinski definition) is 4. The molecular formula is C19H27N3OS. The highest BCUT2D eigenvalue weighted by Crippen LogP contribution is 2.32. The monoisotopic (exact) mass is 345 g/mol. The highest BCUT2D eigenvalue weighted by molar-refractivity contribution is 7.97. The molecule has 2 atom stereocenters. The van der Waals surface area contributed by atoms with E-state index in [2.05, 4.69) is 47.1 Å². The number of aryl methyl sites for hydroxylation is 1. The first kappa shape index (κ1) is 17.5. The first-order valence-electron chi connectivity index (χ1n) is 8.64. The van der Waals surface area contributed by atoms with Crippen LogP contribution >= 0.6 is 11.8 Å². The second-order valence-electron chi connectivity index (χ2n) is 6.52. The van der Waals surface area contributed by atoms with Gasteiger partial charge in [0, 0.05) is 50.2 Å². The number of nitrogens with zero attached hydrogens (tertiary/aromatic N) is 2. The lowest BCUT2D eigenvalue weighted by Crippen LogP contribution is -2.31. The van der Waals surface area contributed by atoms with E-state index in [-0.39, 0.29) is 6.10 Å². The topological polar surface area (TPSA) is 39.1 Å². The van der Waals surface area contributed by atoms with Crippen LogP contribution in [0.2, 0.25) is 0 Å². The number of thioether (sulfide) groups is 1. The van der Waals surface area contributed by atoms with Crippen LogP contribution in [0.1, 0.15) is 35.6 Å². The van der Waals surface area contributed by atoms with Crippen LogP contribution in [-0.4, -0.2) is 29.2 Å². The van der Waals surface area contributed by atoms with E-state index < -0.39 is 0 Å². The molecule has 1 aromatic heterocycles. The maximum Gasteiger partial charge on any atom is 0.0895 e. The summed E-state index contributed by atoms with van der Waals surface area (Å²) < 4.78 is 7.90. The Morgan fingerprint density at radius 1 is 1.38 bits per heavy atom. The standard InChI is InChI=1S/C19H27N3OS/c1-22-13-18(12-21-22)19-17(7-4-8-23-19)11-20-10-15-5-3-6-16(9-15)14-24-2/h3,5-6,9,12-13,17,19-20H,4,7-8,10-11,14H2,1-2H3/t17-,19+/m0/s1. The summed E-state index contributed by atoms with van der Waals surface area (Å²) in [5.41, 5.74) is 3.96. The molecule has 0 bridgehead atoms. The lowest BCUT2D eigenvalue weighted by molar-refractivity contribution is -0.0279. The molecule has 0 unspecified atom stereocenters. The smallest absolute Gasteiger partial charge is 0.0895 e. The van der Waals surface area contributed by atoms with Crippen LogP contribution in [0.25, 0.3) is 0 Å². The molecule has 4 nitrogen and oxygen atoms in total. The SMILES string of the molecule is CSCc1cccc(CNC[C@@H]2CCCO[C@H]2c2cnn(C)c2)c1. The van der Waals surface area contributed by atoms with E-state index in [1.807, 2.05) is 29.7 Å². The highest BCUT2D eigenvalue weighted by Gasteiger charge is 2.28. The van der Waals surface area contributed by atoms with Gasteiger partial charge in [0.15, 0.2) is 0 Å². The first-order chi connectivity index (χ1) is 11.8. The number of nitrogens with one attached hydrogen (secondary N) is 1. The molecule has 130 valence electrons. The minimum absolute atomic E-state index is 0.169. The fourth-order valence-electron chi connectivity index (χ4n) is 3.41. The largest absolute Gasteiger partial charge is 0.373 e. The Morgan fingerprint density at radius 2 is 2.25 bits per heavy atom. The van der Waals surface area contributed by atoms with E-state index in [1.54, 1.807) is 0 Å². The van der Waals surface area contributed by atoms with Gasteiger partial charge in [-0.3, -0.25) is 4.68 Å². The molecule has 5 heteroatoms. The van der Waals surface area contributed by atoms with Gasteiger partial charge in [0.05, 0.1) is 12.3 Å². The second-order valence-corrected chi connectivity index (χ2v) is 7.39. The number of ether oxygens (including phenoxy) is 1. The zero-order valence-corrected chi connectivity index (χ0v) is 15.4. The van der Waals surface area contributed by atoms with Crippen molar-refractivity contribution in [2.24, 2.45) is 13.0 Å². The maximum atomic E-state index is 6.05. The van der Waals surface area contributed by atoms with E-state index in [1.165, 1.54) is 23.1 Å². The third-order valence-electron chi connectivity index (χ3n) is 4.54. The van der Waals surface area contributed by atoms with Crippen LogP contribution in [0.3, 0.4) is 0 Å². The van der Waals surface area contributed by atoms with E-state index >= 15 is 0 Å². The van der Waals surface area contributed by atoms with Gasteiger partial charge < -0.3 is 10.1 Å². The predicted molar refractivity (Wildman–Crippen MR) is 100.0 cm³/mol. The van der Waals surface area contributed by atoms with Gasteiger partial charge in [-0.1, -0.05) is 24.3 Å². The fourth-order valence-corrected chi connectivity index (χ4v) is 3.92. The van der Waals surface area contributed by atoms with Gasteiger partial charge in [0.1, 0.15) is 0 Å². The minimum atomic E-state index is 0.169. The summed E-state index contributed by atoms with van der Waals surface area (Å²) in [6, 6.07) is 8.87. The minimum Gasteiger partial charge on any atom is -0.373 e. The van der Waals surface area contributed by atoms with Gasteiger partial charge in [-0.25, -0.2) is 0 Å². The van der Waals surface area contributed by atoms with Crippen LogP contribution in [0.15, 0.2) is 36.7 Å². The van der Waals surface area contributed by atoms with Gasteiger partial charge in [-0.15, -0.1) is 0 Å². The van der Waals surface area contributed by atoms with Crippen molar-refractivity contribution in [3.63, 3.8) is 0 Å². The molecule has 0 radical (unpaired) electrons. The van der Waals surface area contributed by atoms with E-state index in [0.717, 1.165) is 31.9 Å². The molecule has 0 amide bonds. The van der Waals surface area contributed by atoms with E-state index in [4.69, 9.17) is 4.74 Å². The van der Waals surface area contributed by atoms with Gasteiger partial charge in [-0.2, -0.15) is 16.9 Å². The Kier molecular flexibility index (Phi) is 6.35. The van der Waals surface area contributed by atoms with Crippen LogP contribution in [0.4, 0.5) is 0 Å².